The number of nitrogens with one attached hydrogen (secondary N) is 1. The molecule has 0 aliphatic carbocycles. The Hall–Kier alpha value is -0.550. The summed E-state index contributed by atoms with van der Waals surface area (Å²) in [5, 5.41) is 8.05. The average Bonchev–Trinajstić information content (AvgIpc) is 2.98. The van der Waals surface area contributed by atoms with Gasteiger partial charge in [-0.25, -0.2) is 0 Å². The number of hydrogen-bond donors (Lipinski definition) is 1. The summed E-state index contributed by atoms with van der Waals surface area (Å²) < 4.78 is 5.29. The van der Waals surface area contributed by atoms with Crippen LogP contribution in [0.3, 0.4) is 0 Å². The smallest absolute Gasteiger partial charge is 0.226 e. The molecule has 1 aliphatic rings. The minimum absolute atomic E-state index is 0.663. The van der Waals surface area contributed by atoms with Crippen LogP contribution in [0.2, 0.25) is 0 Å². The molecule has 96 valence electrons. The van der Waals surface area contributed by atoms with Crippen LogP contribution < -0.4 is 5.32 Å². The zero-order chi connectivity index (χ0) is 12.1. The second kappa shape index (κ2) is 6.40. The Labute approximate surface area is 107 Å². The molecule has 1 aliphatic heterocycles. The molecule has 2 unspecified atom stereocenters. The summed E-state index contributed by atoms with van der Waals surface area (Å²) in [6.45, 7) is 6.64. The van der Waals surface area contributed by atoms with Gasteiger partial charge in [-0.15, -0.1) is 0 Å². The predicted octanol–water partition coefficient (Wildman–Crippen LogP) is 2.25. The molecule has 0 amide bonds. The molecule has 0 saturated carbocycles. The Bertz CT molecular complexity index is 336. The third-order valence-corrected chi connectivity index (χ3v) is 4.53. The number of thioether (sulfide) groups is 1. The van der Waals surface area contributed by atoms with Gasteiger partial charge in [-0.3, -0.25) is 0 Å². The molecule has 1 N–H and O–H groups in total. The molecule has 2 rings (SSSR count). The van der Waals surface area contributed by atoms with Crippen LogP contribution in [0.15, 0.2) is 4.52 Å². The van der Waals surface area contributed by atoms with Crippen molar-refractivity contribution in [2.75, 3.05) is 13.1 Å². The molecule has 1 saturated heterocycles. The van der Waals surface area contributed by atoms with E-state index in [1.165, 1.54) is 12.8 Å². The first-order valence-corrected chi connectivity index (χ1v) is 7.46. The molecular weight excluding hydrogens is 234 g/mol. The molecule has 5 heteroatoms. The van der Waals surface area contributed by atoms with Crippen molar-refractivity contribution in [3.05, 3.63) is 11.7 Å². The van der Waals surface area contributed by atoms with Gasteiger partial charge in [0.05, 0.1) is 5.75 Å². The highest BCUT2D eigenvalue weighted by molar-refractivity contribution is 7.99. The van der Waals surface area contributed by atoms with Crippen molar-refractivity contribution in [2.24, 2.45) is 5.92 Å². The summed E-state index contributed by atoms with van der Waals surface area (Å²) in [6.07, 6.45) is 3.33. The van der Waals surface area contributed by atoms with Gasteiger partial charge < -0.3 is 9.84 Å². The van der Waals surface area contributed by atoms with Crippen molar-refractivity contribution in [2.45, 2.75) is 44.1 Å². The van der Waals surface area contributed by atoms with Crippen molar-refractivity contribution < 1.29 is 4.52 Å². The molecule has 0 spiro atoms. The summed E-state index contributed by atoms with van der Waals surface area (Å²) in [7, 11) is 0. The summed E-state index contributed by atoms with van der Waals surface area (Å²) in [6, 6.07) is 0. The molecule has 2 heterocycles. The average molecular weight is 255 g/mol. The van der Waals surface area contributed by atoms with Crippen LogP contribution in [0.4, 0.5) is 0 Å². The van der Waals surface area contributed by atoms with Crippen LogP contribution in [0.5, 0.6) is 0 Å². The van der Waals surface area contributed by atoms with E-state index in [-0.39, 0.29) is 0 Å². The molecule has 17 heavy (non-hydrogen) atoms. The van der Waals surface area contributed by atoms with Gasteiger partial charge in [0.1, 0.15) is 0 Å². The highest BCUT2D eigenvalue weighted by Crippen LogP contribution is 2.19. The third-order valence-electron chi connectivity index (χ3n) is 3.21. The van der Waals surface area contributed by atoms with Gasteiger partial charge in [-0.1, -0.05) is 19.0 Å². The Balaban J connectivity index is 1.78. The van der Waals surface area contributed by atoms with Crippen LogP contribution >= 0.6 is 11.8 Å². The second-order valence-corrected chi connectivity index (χ2v) is 6.12. The minimum atomic E-state index is 0.663. The van der Waals surface area contributed by atoms with E-state index in [0.717, 1.165) is 37.0 Å². The maximum atomic E-state index is 5.29. The lowest BCUT2D eigenvalue weighted by Crippen LogP contribution is -2.10. The fourth-order valence-electron chi connectivity index (χ4n) is 1.90. The zero-order valence-electron chi connectivity index (χ0n) is 10.6. The normalized spacial score (nSPS) is 21.9. The zero-order valence-corrected chi connectivity index (χ0v) is 11.4. The second-order valence-electron chi connectivity index (χ2n) is 4.70. The first kappa shape index (κ1) is 12.9. The van der Waals surface area contributed by atoms with Gasteiger partial charge >= 0.3 is 0 Å². The van der Waals surface area contributed by atoms with Crippen LogP contribution in [0.1, 0.15) is 38.4 Å². The number of rotatable bonds is 6. The van der Waals surface area contributed by atoms with E-state index in [1.807, 2.05) is 11.8 Å². The van der Waals surface area contributed by atoms with Crippen LogP contribution in [0, 0.1) is 5.92 Å². The van der Waals surface area contributed by atoms with E-state index < -0.39 is 0 Å². The number of nitrogens with zero attached hydrogens (tertiary/aromatic N) is 2. The lowest BCUT2D eigenvalue weighted by Gasteiger charge is -2.04. The molecule has 4 nitrogen and oxygen atoms in total. The maximum Gasteiger partial charge on any atom is 0.226 e. The van der Waals surface area contributed by atoms with Gasteiger partial charge in [-0.05, 0) is 31.8 Å². The SMILES string of the molecule is CCC(C)SCc1noc(CC2CCNC2)n1. The third kappa shape index (κ3) is 4.00. The lowest BCUT2D eigenvalue weighted by molar-refractivity contribution is 0.354. The van der Waals surface area contributed by atoms with Crippen molar-refractivity contribution in [1.29, 1.82) is 0 Å². The standard InChI is InChI=1S/C12H21N3OS/c1-3-9(2)17-8-11-14-12(16-15-11)6-10-4-5-13-7-10/h9-10,13H,3-8H2,1-2H3. The minimum Gasteiger partial charge on any atom is -0.339 e. The van der Waals surface area contributed by atoms with Gasteiger partial charge in [-0.2, -0.15) is 16.7 Å². The molecular formula is C12H21N3OS. The van der Waals surface area contributed by atoms with Crippen LogP contribution in [0.25, 0.3) is 0 Å². The fraction of sp³-hybridized carbons (Fsp3) is 0.833. The van der Waals surface area contributed by atoms with E-state index >= 15 is 0 Å². The largest absolute Gasteiger partial charge is 0.339 e. The quantitative estimate of drug-likeness (QED) is 0.845. The van der Waals surface area contributed by atoms with Gasteiger partial charge in [0.25, 0.3) is 0 Å². The molecule has 0 aromatic carbocycles. The van der Waals surface area contributed by atoms with Crippen LogP contribution in [-0.2, 0) is 12.2 Å². The fourth-order valence-corrected chi connectivity index (χ4v) is 2.69. The predicted molar refractivity (Wildman–Crippen MR) is 70.0 cm³/mol. The molecule has 1 fully saturated rings. The first-order chi connectivity index (χ1) is 8.28. The summed E-state index contributed by atoms with van der Waals surface area (Å²) in [5.74, 6) is 3.18. The lowest BCUT2D eigenvalue weighted by atomic mass is 10.1. The Kier molecular flexibility index (Phi) is 4.86. The maximum absolute atomic E-state index is 5.29. The van der Waals surface area contributed by atoms with Gasteiger partial charge in [0.2, 0.25) is 5.89 Å². The van der Waals surface area contributed by atoms with E-state index in [0.29, 0.717) is 11.2 Å². The number of hydrogen-bond acceptors (Lipinski definition) is 5. The van der Waals surface area contributed by atoms with Crippen molar-refractivity contribution in [1.82, 2.24) is 15.5 Å². The topological polar surface area (TPSA) is 51.0 Å². The molecule has 0 radical (unpaired) electrons. The van der Waals surface area contributed by atoms with Gasteiger partial charge in [0, 0.05) is 11.7 Å². The van der Waals surface area contributed by atoms with Crippen molar-refractivity contribution in [3.8, 4) is 0 Å². The molecule has 1 aromatic heterocycles. The van der Waals surface area contributed by atoms with Gasteiger partial charge in [0.15, 0.2) is 5.82 Å². The molecule has 0 bridgehead atoms. The van der Waals surface area contributed by atoms with Crippen molar-refractivity contribution >= 4 is 11.8 Å². The van der Waals surface area contributed by atoms with Crippen molar-refractivity contribution in [3.63, 3.8) is 0 Å². The molecule has 2 atom stereocenters. The first-order valence-electron chi connectivity index (χ1n) is 6.41. The monoisotopic (exact) mass is 255 g/mol. The van der Waals surface area contributed by atoms with E-state index in [4.69, 9.17) is 4.52 Å². The van der Waals surface area contributed by atoms with E-state index in [1.54, 1.807) is 0 Å². The Morgan fingerprint density at radius 3 is 3.18 bits per heavy atom. The summed E-state index contributed by atoms with van der Waals surface area (Å²) in [5.41, 5.74) is 0. The highest BCUT2D eigenvalue weighted by atomic mass is 32.2. The number of aromatic nitrogens is 2. The summed E-state index contributed by atoms with van der Waals surface area (Å²) >= 11 is 1.89. The van der Waals surface area contributed by atoms with E-state index in [9.17, 15) is 0 Å². The Morgan fingerprint density at radius 1 is 1.59 bits per heavy atom. The summed E-state index contributed by atoms with van der Waals surface area (Å²) in [4.78, 5) is 4.45. The van der Waals surface area contributed by atoms with Crippen LogP contribution in [-0.4, -0.2) is 28.5 Å². The van der Waals surface area contributed by atoms with E-state index in [2.05, 4.69) is 29.3 Å². The highest BCUT2D eigenvalue weighted by Gasteiger charge is 2.18. The Morgan fingerprint density at radius 2 is 2.47 bits per heavy atom. The molecule has 1 aromatic rings.